The number of carbonyl (C=O) groups is 1. The molecule has 0 aromatic heterocycles. The fourth-order valence-electron chi connectivity index (χ4n) is 2.84. The van der Waals surface area contributed by atoms with Gasteiger partial charge in [0.2, 0.25) is 5.91 Å². The van der Waals surface area contributed by atoms with Crippen LogP contribution in [0.3, 0.4) is 0 Å². The molecule has 1 heterocycles. The maximum absolute atomic E-state index is 14.5. The molecule has 0 unspecified atom stereocenters. The van der Waals surface area contributed by atoms with E-state index in [1.165, 1.54) is 6.21 Å². The van der Waals surface area contributed by atoms with Gasteiger partial charge in [-0.25, -0.2) is 4.39 Å². The Morgan fingerprint density at radius 1 is 1.48 bits per heavy atom. The number of piperidine rings is 1. The molecule has 0 radical (unpaired) electrons. The SMILES string of the molecule is COCCC(=O)NC1CCN(c2cccc(CC=N)c2F)CC1. The molecule has 1 aromatic carbocycles. The molecule has 1 aromatic rings. The van der Waals surface area contributed by atoms with Crippen LogP contribution in [0.15, 0.2) is 18.2 Å². The van der Waals surface area contributed by atoms with E-state index in [0.717, 1.165) is 12.8 Å². The normalized spacial score (nSPS) is 15.5. The van der Waals surface area contributed by atoms with Gasteiger partial charge in [-0.15, -0.1) is 0 Å². The molecule has 0 aliphatic carbocycles. The number of carbonyl (C=O) groups excluding carboxylic acids is 1. The number of halogens is 1. The number of hydrogen-bond acceptors (Lipinski definition) is 4. The van der Waals surface area contributed by atoms with Gasteiger partial charge in [-0.1, -0.05) is 12.1 Å². The summed E-state index contributed by atoms with van der Waals surface area (Å²) in [6, 6.07) is 5.46. The topological polar surface area (TPSA) is 65.4 Å². The Hall–Kier alpha value is -1.95. The van der Waals surface area contributed by atoms with Gasteiger partial charge in [0.05, 0.1) is 12.3 Å². The summed E-state index contributed by atoms with van der Waals surface area (Å²) in [5.41, 5.74) is 1.14. The minimum atomic E-state index is -0.237. The molecule has 23 heavy (non-hydrogen) atoms. The number of anilines is 1. The Kier molecular flexibility index (Phi) is 6.52. The Morgan fingerprint density at radius 3 is 2.87 bits per heavy atom. The Balaban J connectivity index is 1.90. The number of methoxy groups -OCH3 is 1. The number of nitrogens with one attached hydrogen (secondary N) is 2. The second-order valence-electron chi connectivity index (χ2n) is 5.73. The molecule has 5 nitrogen and oxygen atoms in total. The zero-order chi connectivity index (χ0) is 16.7. The Labute approximate surface area is 136 Å². The molecule has 1 saturated heterocycles. The van der Waals surface area contributed by atoms with E-state index in [9.17, 15) is 9.18 Å². The fraction of sp³-hybridized carbons (Fsp3) is 0.529. The first-order chi connectivity index (χ1) is 11.2. The van der Waals surface area contributed by atoms with E-state index in [0.29, 0.717) is 43.8 Å². The summed E-state index contributed by atoms with van der Waals surface area (Å²) in [5.74, 6) is -0.233. The van der Waals surface area contributed by atoms with Crippen LogP contribution in [0.4, 0.5) is 10.1 Å². The molecule has 2 N–H and O–H groups in total. The lowest BCUT2D eigenvalue weighted by Gasteiger charge is -2.34. The molecule has 1 amide bonds. The van der Waals surface area contributed by atoms with Crippen LogP contribution in [0.5, 0.6) is 0 Å². The summed E-state index contributed by atoms with van der Waals surface area (Å²) in [6.45, 7) is 1.84. The van der Waals surface area contributed by atoms with Crippen molar-refractivity contribution in [1.29, 1.82) is 5.41 Å². The van der Waals surface area contributed by atoms with Crippen LogP contribution in [-0.4, -0.2) is 45.0 Å². The average Bonchev–Trinajstić information content (AvgIpc) is 2.56. The smallest absolute Gasteiger partial charge is 0.222 e. The Morgan fingerprint density at radius 2 is 2.22 bits per heavy atom. The standard InChI is InChI=1S/C17H24FN3O2/c1-23-12-8-16(22)20-14-6-10-21(11-7-14)15-4-2-3-13(5-9-19)17(15)18/h2-4,9,14,19H,5-8,10-12H2,1H3,(H,20,22). The predicted octanol–water partition coefficient (Wildman–Crippen LogP) is 2.14. The number of amides is 1. The maximum Gasteiger partial charge on any atom is 0.222 e. The number of hydrogen-bond donors (Lipinski definition) is 2. The molecular weight excluding hydrogens is 297 g/mol. The minimum absolute atomic E-state index is 0.00413. The van der Waals surface area contributed by atoms with Gasteiger partial charge in [0.25, 0.3) is 0 Å². The predicted molar refractivity (Wildman–Crippen MR) is 88.8 cm³/mol. The third-order valence-corrected chi connectivity index (χ3v) is 4.11. The summed E-state index contributed by atoms with van der Waals surface area (Å²) in [5, 5.41) is 10.1. The molecule has 0 bridgehead atoms. The van der Waals surface area contributed by atoms with Gasteiger partial charge in [0, 0.05) is 39.1 Å². The molecule has 1 fully saturated rings. The largest absolute Gasteiger partial charge is 0.384 e. The third-order valence-electron chi connectivity index (χ3n) is 4.11. The van der Waals surface area contributed by atoms with E-state index in [2.05, 4.69) is 5.32 Å². The summed E-state index contributed by atoms with van der Waals surface area (Å²) < 4.78 is 19.4. The molecule has 0 spiro atoms. The quantitative estimate of drug-likeness (QED) is 0.756. The first-order valence-corrected chi connectivity index (χ1v) is 7.95. The first kappa shape index (κ1) is 17.4. The molecule has 126 valence electrons. The van der Waals surface area contributed by atoms with Gasteiger partial charge in [0.15, 0.2) is 0 Å². The fourth-order valence-corrected chi connectivity index (χ4v) is 2.84. The van der Waals surface area contributed by atoms with Crippen molar-refractivity contribution in [2.75, 3.05) is 31.7 Å². The zero-order valence-electron chi connectivity index (χ0n) is 13.5. The summed E-state index contributed by atoms with van der Waals surface area (Å²) in [6.07, 6.45) is 3.49. The van der Waals surface area contributed by atoms with E-state index in [1.54, 1.807) is 19.2 Å². The Bertz CT molecular complexity index is 543. The number of benzene rings is 1. The molecule has 6 heteroatoms. The molecular formula is C17H24FN3O2. The van der Waals surface area contributed by atoms with Gasteiger partial charge >= 0.3 is 0 Å². The highest BCUT2D eigenvalue weighted by atomic mass is 19.1. The van der Waals surface area contributed by atoms with Crippen molar-refractivity contribution >= 4 is 17.8 Å². The average molecular weight is 321 g/mol. The van der Waals surface area contributed by atoms with E-state index < -0.39 is 0 Å². The molecule has 2 rings (SSSR count). The van der Waals surface area contributed by atoms with Gasteiger partial charge < -0.3 is 20.4 Å². The third kappa shape index (κ3) is 4.76. The lowest BCUT2D eigenvalue weighted by Crippen LogP contribution is -2.45. The maximum atomic E-state index is 14.5. The summed E-state index contributed by atoms with van der Waals surface area (Å²) >= 11 is 0. The van der Waals surface area contributed by atoms with Gasteiger partial charge in [0.1, 0.15) is 5.82 Å². The monoisotopic (exact) mass is 321 g/mol. The van der Waals surface area contributed by atoms with Crippen LogP contribution >= 0.6 is 0 Å². The van der Waals surface area contributed by atoms with Crippen LogP contribution in [0, 0.1) is 11.2 Å². The van der Waals surface area contributed by atoms with Crippen LogP contribution in [-0.2, 0) is 16.0 Å². The highest BCUT2D eigenvalue weighted by Gasteiger charge is 2.23. The molecule has 1 aliphatic rings. The second kappa shape index (κ2) is 8.62. The van der Waals surface area contributed by atoms with E-state index >= 15 is 0 Å². The zero-order valence-corrected chi connectivity index (χ0v) is 13.5. The van der Waals surface area contributed by atoms with Crippen molar-refractivity contribution in [3.05, 3.63) is 29.6 Å². The van der Waals surface area contributed by atoms with Gasteiger partial charge in [-0.05, 0) is 30.7 Å². The molecule has 0 atom stereocenters. The number of nitrogens with zero attached hydrogens (tertiary/aromatic N) is 1. The molecule has 1 aliphatic heterocycles. The summed E-state index contributed by atoms with van der Waals surface area (Å²) in [4.78, 5) is 13.7. The van der Waals surface area contributed by atoms with Crippen molar-refractivity contribution in [3.63, 3.8) is 0 Å². The second-order valence-corrected chi connectivity index (χ2v) is 5.73. The van der Waals surface area contributed by atoms with E-state index in [1.807, 2.05) is 11.0 Å². The van der Waals surface area contributed by atoms with Crippen LogP contribution in [0.25, 0.3) is 0 Å². The number of rotatable bonds is 7. The van der Waals surface area contributed by atoms with Crippen LogP contribution in [0.1, 0.15) is 24.8 Å². The van der Waals surface area contributed by atoms with Crippen molar-refractivity contribution < 1.29 is 13.9 Å². The highest BCUT2D eigenvalue weighted by molar-refractivity contribution is 5.76. The summed E-state index contributed by atoms with van der Waals surface area (Å²) in [7, 11) is 1.58. The highest BCUT2D eigenvalue weighted by Crippen LogP contribution is 2.25. The van der Waals surface area contributed by atoms with Crippen molar-refractivity contribution in [3.8, 4) is 0 Å². The minimum Gasteiger partial charge on any atom is -0.384 e. The van der Waals surface area contributed by atoms with E-state index in [4.69, 9.17) is 10.1 Å². The van der Waals surface area contributed by atoms with Crippen LogP contribution in [0.2, 0.25) is 0 Å². The van der Waals surface area contributed by atoms with E-state index in [-0.39, 0.29) is 17.8 Å². The van der Waals surface area contributed by atoms with Gasteiger partial charge in [-0.2, -0.15) is 0 Å². The number of ether oxygens (including phenoxy) is 1. The first-order valence-electron chi connectivity index (χ1n) is 7.95. The van der Waals surface area contributed by atoms with Crippen molar-refractivity contribution in [1.82, 2.24) is 5.32 Å². The molecule has 0 saturated carbocycles. The lowest BCUT2D eigenvalue weighted by molar-refractivity contribution is -0.122. The van der Waals surface area contributed by atoms with Crippen molar-refractivity contribution in [2.45, 2.75) is 31.7 Å². The van der Waals surface area contributed by atoms with Crippen molar-refractivity contribution in [2.24, 2.45) is 0 Å². The lowest BCUT2D eigenvalue weighted by atomic mass is 10.0. The van der Waals surface area contributed by atoms with Crippen LogP contribution < -0.4 is 10.2 Å². The van der Waals surface area contributed by atoms with Gasteiger partial charge in [-0.3, -0.25) is 4.79 Å².